The lowest BCUT2D eigenvalue weighted by molar-refractivity contribution is -0.123. The van der Waals surface area contributed by atoms with Crippen LogP contribution in [0.3, 0.4) is 0 Å². The van der Waals surface area contributed by atoms with Gasteiger partial charge in [-0.25, -0.2) is 0 Å². The lowest BCUT2D eigenvalue weighted by Crippen LogP contribution is -2.45. The summed E-state index contributed by atoms with van der Waals surface area (Å²) >= 11 is 0. The van der Waals surface area contributed by atoms with E-state index in [0.717, 1.165) is 65.7 Å². The van der Waals surface area contributed by atoms with Gasteiger partial charge in [-0.3, -0.25) is 14.6 Å². The van der Waals surface area contributed by atoms with Gasteiger partial charge in [-0.15, -0.1) is 0 Å². The van der Waals surface area contributed by atoms with Crippen LogP contribution in [0.2, 0.25) is 0 Å². The molecule has 1 N–H and O–H groups in total. The molecule has 2 fully saturated rings. The standard InChI is InChI=1S/C12H23N3O3/c16-12(11-15-5-9-18-10-6-15)13-1-2-14-3-7-17-8-4-14/h1-11H2,(H,13,16). The molecule has 18 heavy (non-hydrogen) atoms. The second-order valence-corrected chi connectivity index (χ2v) is 4.69. The summed E-state index contributed by atoms with van der Waals surface area (Å²) < 4.78 is 10.5. The summed E-state index contributed by atoms with van der Waals surface area (Å²) in [5, 5.41) is 2.97. The van der Waals surface area contributed by atoms with E-state index in [1.807, 2.05) is 0 Å². The SMILES string of the molecule is O=C(CN1CCOCC1)NCCN1CCOCC1. The molecule has 1 amide bonds. The van der Waals surface area contributed by atoms with Crippen LogP contribution in [-0.2, 0) is 14.3 Å². The molecule has 0 aromatic carbocycles. The van der Waals surface area contributed by atoms with Crippen LogP contribution in [0.15, 0.2) is 0 Å². The highest BCUT2D eigenvalue weighted by Gasteiger charge is 2.14. The number of ether oxygens (including phenoxy) is 2. The minimum atomic E-state index is 0.116. The number of hydrogen-bond acceptors (Lipinski definition) is 5. The van der Waals surface area contributed by atoms with E-state index in [9.17, 15) is 4.79 Å². The molecule has 0 aromatic heterocycles. The van der Waals surface area contributed by atoms with E-state index < -0.39 is 0 Å². The third-order valence-corrected chi connectivity index (χ3v) is 3.32. The molecule has 2 aliphatic heterocycles. The molecule has 2 saturated heterocycles. The van der Waals surface area contributed by atoms with Gasteiger partial charge in [0.25, 0.3) is 0 Å². The minimum Gasteiger partial charge on any atom is -0.379 e. The van der Waals surface area contributed by atoms with E-state index in [1.54, 1.807) is 0 Å². The van der Waals surface area contributed by atoms with Crippen LogP contribution in [0.25, 0.3) is 0 Å². The first kappa shape index (κ1) is 13.7. The third-order valence-electron chi connectivity index (χ3n) is 3.32. The zero-order chi connectivity index (χ0) is 12.6. The second kappa shape index (κ2) is 7.68. The van der Waals surface area contributed by atoms with E-state index in [0.29, 0.717) is 6.54 Å². The molecule has 0 saturated carbocycles. The van der Waals surface area contributed by atoms with Crippen molar-refractivity contribution in [2.24, 2.45) is 0 Å². The first-order valence-electron chi connectivity index (χ1n) is 6.71. The van der Waals surface area contributed by atoms with E-state index in [2.05, 4.69) is 15.1 Å². The fourth-order valence-corrected chi connectivity index (χ4v) is 2.20. The number of nitrogens with one attached hydrogen (secondary N) is 1. The highest BCUT2D eigenvalue weighted by atomic mass is 16.5. The number of morpholine rings is 2. The van der Waals surface area contributed by atoms with Crippen molar-refractivity contribution in [2.75, 3.05) is 72.2 Å². The van der Waals surface area contributed by atoms with E-state index in [1.165, 1.54) is 0 Å². The zero-order valence-electron chi connectivity index (χ0n) is 10.9. The normalized spacial score (nSPS) is 22.9. The van der Waals surface area contributed by atoms with Gasteiger partial charge in [-0.1, -0.05) is 0 Å². The van der Waals surface area contributed by atoms with Gasteiger partial charge >= 0.3 is 0 Å². The number of rotatable bonds is 5. The number of carbonyl (C=O) groups excluding carboxylic acids is 1. The van der Waals surface area contributed by atoms with Crippen LogP contribution in [0.5, 0.6) is 0 Å². The number of carbonyl (C=O) groups is 1. The summed E-state index contributed by atoms with van der Waals surface area (Å²) in [4.78, 5) is 16.2. The maximum atomic E-state index is 11.7. The molecule has 0 aliphatic carbocycles. The Morgan fingerprint density at radius 2 is 1.50 bits per heavy atom. The lowest BCUT2D eigenvalue weighted by Gasteiger charge is -2.27. The molecule has 6 nitrogen and oxygen atoms in total. The van der Waals surface area contributed by atoms with E-state index in [4.69, 9.17) is 9.47 Å². The monoisotopic (exact) mass is 257 g/mol. The average Bonchev–Trinajstić information content (AvgIpc) is 2.41. The summed E-state index contributed by atoms with van der Waals surface area (Å²) in [6.07, 6.45) is 0. The van der Waals surface area contributed by atoms with Gasteiger partial charge in [0.2, 0.25) is 5.91 Å². The molecule has 0 aromatic rings. The van der Waals surface area contributed by atoms with Crippen LogP contribution in [0.4, 0.5) is 0 Å². The Bertz CT molecular complexity index is 251. The molecule has 0 bridgehead atoms. The fourth-order valence-electron chi connectivity index (χ4n) is 2.20. The predicted octanol–water partition coefficient (Wildman–Crippen LogP) is -1.23. The maximum Gasteiger partial charge on any atom is 0.234 e. The van der Waals surface area contributed by atoms with Crippen molar-refractivity contribution >= 4 is 5.91 Å². The number of amides is 1. The van der Waals surface area contributed by atoms with Crippen LogP contribution in [-0.4, -0.2) is 87.9 Å². The molecule has 0 unspecified atom stereocenters. The molecular weight excluding hydrogens is 234 g/mol. The number of hydrogen-bond donors (Lipinski definition) is 1. The van der Waals surface area contributed by atoms with Crippen molar-refractivity contribution in [1.82, 2.24) is 15.1 Å². The lowest BCUT2D eigenvalue weighted by atomic mass is 10.4. The Kier molecular flexibility index (Phi) is 5.86. The van der Waals surface area contributed by atoms with Crippen molar-refractivity contribution in [3.63, 3.8) is 0 Å². The molecule has 2 aliphatic rings. The fraction of sp³-hybridized carbons (Fsp3) is 0.917. The van der Waals surface area contributed by atoms with E-state index >= 15 is 0 Å². The Balaban J connectivity index is 1.53. The van der Waals surface area contributed by atoms with Gasteiger partial charge in [-0.2, -0.15) is 0 Å². The number of nitrogens with zero attached hydrogens (tertiary/aromatic N) is 2. The molecule has 0 atom stereocenters. The summed E-state index contributed by atoms with van der Waals surface area (Å²) in [6.45, 7) is 8.88. The van der Waals surface area contributed by atoms with Gasteiger partial charge < -0.3 is 14.8 Å². The van der Waals surface area contributed by atoms with Crippen molar-refractivity contribution in [3.8, 4) is 0 Å². The molecule has 104 valence electrons. The van der Waals surface area contributed by atoms with Gasteiger partial charge in [0, 0.05) is 39.3 Å². The Hall–Kier alpha value is -0.690. The summed E-state index contributed by atoms with van der Waals surface area (Å²) in [5.41, 5.74) is 0. The van der Waals surface area contributed by atoms with Gasteiger partial charge in [0.15, 0.2) is 0 Å². The van der Waals surface area contributed by atoms with Crippen LogP contribution >= 0.6 is 0 Å². The largest absolute Gasteiger partial charge is 0.379 e. The summed E-state index contributed by atoms with van der Waals surface area (Å²) in [5.74, 6) is 0.116. The maximum absolute atomic E-state index is 11.7. The van der Waals surface area contributed by atoms with Gasteiger partial charge in [0.1, 0.15) is 0 Å². The Morgan fingerprint density at radius 3 is 2.11 bits per heavy atom. The Morgan fingerprint density at radius 1 is 0.944 bits per heavy atom. The zero-order valence-corrected chi connectivity index (χ0v) is 10.9. The second-order valence-electron chi connectivity index (χ2n) is 4.69. The highest BCUT2D eigenvalue weighted by molar-refractivity contribution is 5.78. The molecule has 2 rings (SSSR count). The molecule has 6 heteroatoms. The smallest absolute Gasteiger partial charge is 0.234 e. The highest BCUT2D eigenvalue weighted by Crippen LogP contribution is 1.96. The molecule has 0 radical (unpaired) electrons. The van der Waals surface area contributed by atoms with Crippen molar-refractivity contribution in [3.05, 3.63) is 0 Å². The van der Waals surface area contributed by atoms with Crippen molar-refractivity contribution in [1.29, 1.82) is 0 Å². The van der Waals surface area contributed by atoms with Gasteiger partial charge in [-0.05, 0) is 0 Å². The molecule has 2 heterocycles. The van der Waals surface area contributed by atoms with E-state index in [-0.39, 0.29) is 5.91 Å². The summed E-state index contributed by atoms with van der Waals surface area (Å²) in [7, 11) is 0. The first-order valence-corrected chi connectivity index (χ1v) is 6.71. The molecule has 0 spiro atoms. The topological polar surface area (TPSA) is 54.0 Å². The molecular formula is C12H23N3O3. The first-order chi connectivity index (χ1) is 8.84. The van der Waals surface area contributed by atoms with Crippen molar-refractivity contribution < 1.29 is 14.3 Å². The van der Waals surface area contributed by atoms with Crippen molar-refractivity contribution in [2.45, 2.75) is 0 Å². The van der Waals surface area contributed by atoms with Crippen LogP contribution in [0, 0.1) is 0 Å². The summed E-state index contributed by atoms with van der Waals surface area (Å²) in [6, 6.07) is 0. The van der Waals surface area contributed by atoms with Crippen LogP contribution in [0.1, 0.15) is 0 Å². The van der Waals surface area contributed by atoms with Gasteiger partial charge in [0.05, 0.1) is 33.0 Å². The van der Waals surface area contributed by atoms with Crippen LogP contribution < -0.4 is 5.32 Å². The predicted molar refractivity (Wildman–Crippen MR) is 67.5 cm³/mol. The minimum absolute atomic E-state index is 0.116. The Labute approximate surface area is 108 Å². The average molecular weight is 257 g/mol. The third kappa shape index (κ3) is 4.89. The quantitative estimate of drug-likeness (QED) is 0.668.